The van der Waals surface area contributed by atoms with Crippen LogP contribution in [0.4, 0.5) is 5.69 Å². The number of nitrogen functional groups attached to an aromatic ring is 1. The average molecular weight is 276 g/mol. The molecule has 5 heteroatoms. The van der Waals surface area contributed by atoms with Crippen molar-refractivity contribution in [3.05, 3.63) is 64.2 Å². The Hall–Kier alpha value is -2.33. The van der Waals surface area contributed by atoms with Gasteiger partial charge >= 0.3 is 5.97 Å². The van der Waals surface area contributed by atoms with E-state index in [4.69, 9.17) is 22.4 Å². The van der Waals surface area contributed by atoms with Crippen molar-refractivity contribution in [3.63, 3.8) is 0 Å². The maximum Gasteiger partial charge on any atom is 0.337 e. The first kappa shape index (κ1) is 13.1. The largest absolute Gasteiger partial charge is 0.478 e. The Kier molecular flexibility index (Phi) is 3.53. The zero-order valence-electron chi connectivity index (χ0n) is 9.76. The summed E-state index contributed by atoms with van der Waals surface area (Å²) < 4.78 is 0. The van der Waals surface area contributed by atoms with Crippen molar-refractivity contribution in [1.29, 1.82) is 0 Å². The number of ketones is 1. The summed E-state index contributed by atoms with van der Waals surface area (Å²) in [6, 6.07) is 10.8. The van der Waals surface area contributed by atoms with Crippen molar-refractivity contribution in [2.24, 2.45) is 0 Å². The van der Waals surface area contributed by atoms with Gasteiger partial charge in [-0.3, -0.25) is 4.79 Å². The Morgan fingerprint density at radius 2 is 1.53 bits per heavy atom. The van der Waals surface area contributed by atoms with Crippen LogP contribution in [0, 0.1) is 0 Å². The lowest BCUT2D eigenvalue weighted by molar-refractivity contribution is 0.0698. The number of carbonyl (C=O) groups is 2. The summed E-state index contributed by atoms with van der Waals surface area (Å²) in [5, 5.41) is 9.28. The van der Waals surface area contributed by atoms with E-state index in [0.29, 0.717) is 10.6 Å². The fraction of sp³-hybridized carbons (Fsp3) is 0. The number of halogens is 1. The number of para-hydroxylation sites is 1. The molecule has 0 fully saturated rings. The van der Waals surface area contributed by atoms with Crippen LogP contribution in [0.15, 0.2) is 42.5 Å². The van der Waals surface area contributed by atoms with E-state index < -0.39 is 11.8 Å². The van der Waals surface area contributed by atoms with E-state index in [9.17, 15) is 9.59 Å². The van der Waals surface area contributed by atoms with E-state index >= 15 is 0 Å². The molecule has 2 aromatic rings. The Balaban J connectivity index is 2.55. The lowest BCUT2D eigenvalue weighted by Gasteiger charge is -2.08. The molecular formula is C14H10ClNO3. The zero-order chi connectivity index (χ0) is 14.0. The van der Waals surface area contributed by atoms with Gasteiger partial charge in [0, 0.05) is 11.1 Å². The van der Waals surface area contributed by atoms with Crippen molar-refractivity contribution >= 4 is 29.0 Å². The summed E-state index contributed by atoms with van der Waals surface area (Å²) in [6.45, 7) is 0. The van der Waals surface area contributed by atoms with E-state index in [2.05, 4.69) is 0 Å². The molecule has 0 heterocycles. The van der Waals surface area contributed by atoms with Crippen LogP contribution in [-0.4, -0.2) is 16.9 Å². The monoisotopic (exact) mass is 275 g/mol. The van der Waals surface area contributed by atoms with Gasteiger partial charge in [0.1, 0.15) is 0 Å². The second-order valence-corrected chi connectivity index (χ2v) is 4.29. The molecule has 0 unspecified atom stereocenters. The first-order chi connectivity index (χ1) is 9.02. The van der Waals surface area contributed by atoms with E-state index in [1.165, 1.54) is 18.2 Å². The van der Waals surface area contributed by atoms with E-state index in [1.54, 1.807) is 24.3 Å². The summed E-state index contributed by atoms with van der Waals surface area (Å²) >= 11 is 5.95. The molecule has 0 bridgehead atoms. The molecule has 4 nitrogen and oxygen atoms in total. The molecule has 0 amide bonds. The molecule has 3 N–H and O–H groups in total. The first-order valence-corrected chi connectivity index (χ1v) is 5.81. The van der Waals surface area contributed by atoms with Crippen molar-refractivity contribution < 1.29 is 14.7 Å². The van der Waals surface area contributed by atoms with Gasteiger partial charge in [-0.25, -0.2) is 4.79 Å². The molecule has 19 heavy (non-hydrogen) atoms. The third-order valence-electron chi connectivity index (χ3n) is 2.70. The topological polar surface area (TPSA) is 80.4 Å². The zero-order valence-corrected chi connectivity index (χ0v) is 10.5. The lowest BCUT2D eigenvalue weighted by atomic mass is 9.99. The molecule has 0 saturated heterocycles. The molecule has 0 aliphatic rings. The SMILES string of the molecule is Nc1c(C(=O)O)cccc1C(=O)c1ccccc1Cl. The highest BCUT2D eigenvalue weighted by molar-refractivity contribution is 6.35. The molecule has 0 spiro atoms. The molecule has 2 aromatic carbocycles. The standard InChI is InChI=1S/C14H10ClNO3/c15-11-7-2-1-4-8(11)13(17)9-5-3-6-10(12(9)16)14(18)19/h1-7H,16H2,(H,18,19). The van der Waals surface area contributed by atoms with Crippen LogP contribution in [0.5, 0.6) is 0 Å². The quantitative estimate of drug-likeness (QED) is 0.667. The Labute approximate surface area is 114 Å². The number of carboxylic acid groups (broad SMARTS) is 1. The smallest absolute Gasteiger partial charge is 0.337 e. The van der Waals surface area contributed by atoms with Crippen molar-refractivity contribution in [3.8, 4) is 0 Å². The normalized spacial score (nSPS) is 10.2. The summed E-state index contributed by atoms with van der Waals surface area (Å²) in [5.74, 6) is -1.57. The number of rotatable bonds is 3. The van der Waals surface area contributed by atoms with Gasteiger partial charge < -0.3 is 10.8 Å². The summed E-state index contributed by atoms with van der Waals surface area (Å²) in [5.41, 5.74) is 6.00. The number of aromatic carboxylic acids is 1. The van der Waals surface area contributed by atoms with Crippen molar-refractivity contribution in [2.45, 2.75) is 0 Å². The molecule has 0 aliphatic carbocycles. The van der Waals surface area contributed by atoms with E-state index in [-0.39, 0.29) is 16.8 Å². The van der Waals surface area contributed by atoms with Gasteiger partial charge in [0.05, 0.1) is 16.3 Å². The van der Waals surface area contributed by atoms with Crippen LogP contribution in [0.25, 0.3) is 0 Å². The Morgan fingerprint density at radius 3 is 2.16 bits per heavy atom. The van der Waals surface area contributed by atoms with Gasteiger partial charge in [-0.1, -0.05) is 29.8 Å². The second-order valence-electron chi connectivity index (χ2n) is 3.88. The predicted octanol–water partition coefficient (Wildman–Crippen LogP) is 2.85. The summed E-state index contributed by atoms with van der Waals surface area (Å²) in [4.78, 5) is 23.3. The Bertz CT molecular complexity index is 667. The summed E-state index contributed by atoms with van der Waals surface area (Å²) in [7, 11) is 0. The molecule has 2 rings (SSSR count). The van der Waals surface area contributed by atoms with E-state index in [0.717, 1.165) is 0 Å². The van der Waals surface area contributed by atoms with Gasteiger partial charge in [-0.05, 0) is 24.3 Å². The number of benzene rings is 2. The van der Waals surface area contributed by atoms with Crippen LogP contribution < -0.4 is 5.73 Å². The fourth-order valence-corrected chi connectivity index (χ4v) is 1.96. The highest BCUT2D eigenvalue weighted by Crippen LogP contribution is 2.24. The van der Waals surface area contributed by atoms with Crippen LogP contribution in [0.1, 0.15) is 26.3 Å². The first-order valence-electron chi connectivity index (χ1n) is 5.43. The van der Waals surface area contributed by atoms with Crippen LogP contribution in [0.3, 0.4) is 0 Å². The van der Waals surface area contributed by atoms with Gasteiger partial charge in [0.25, 0.3) is 0 Å². The number of nitrogens with two attached hydrogens (primary N) is 1. The number of carboxylic acids is 1. The fourth-order valence-electron chi connectivity index (χ4n) is 1.74. The number of hydrogen-bond donors (Lipinski definition) is 2. The molecule has 96 valence electrons. The summed E-state index contributed by atoms with van der Waals surface area (Å²) in [6.07, 6.45) is 0. The van der Waals surface area contributed by atoms with Gasteiger partial charge in [-0.2, -0.15) is 0 Å². The minimum Gasteiger partial charge on any atom is -0.478 e. The highest BCUT2D eigenvalue weighted by atomic mass is 35.5. The number of hydrogen-bond acceptors (Lipinski definition) is 3. The molecule has 0 saturated carbocycles. The lowest BCUT2D eigenvalue weighted by Crippen LogP contribution is -2.10. The van der Waals surface area contributed by atoms with E-state index in [1.807, 2.05) is 0 Å². The van der Waals surface area contributed by atoms with Gasteiger partial charge in [-0.15, -0.1) is 0 Å². The van der Waals surface area contributed by atoms with Crippen molar-refractivity contribution in [2.75, 3.05) is 5.73 Å². The second kappa shape index (κ2) is 5.12. The molecular weight excluding hydrogens is 266 g/mol. The third-order valence-corrected chi connectivity index (χ3v) is 3.03. The molecule has 0 aromatic heterocycles. The number of anilines is 1. The van der Waals surface area contributed by atoms with Crippen LogP contribution >= 0.6 is 11.6 Å². The minimum absolute atomic E-state index is 0.0556. The maximum absolute atomic E-state index is 12.3. The molecule has 0 radical (unpaired) electrons. The molecule has 0 atom stereocenters. The predicted molar refractivity (Wildman–Crippen MR) is 72.7 cm³/mol. The third kappa shape index (κ3) is 2.44. The maximum atomic E-state index is 12.3. The Morgan fingerprint density at radius 1 is 0.947 bits per heavy atom. The average Bonchev–Trinajstić information content (AvgIpc) is 2.38. The van der Waals surface area contributed by atoms with Crippen LogP contribution in [0.2, 0.25) is 5.02 Å². The molecule has 0 aliphatic heterocycles. The van der Waals surface area contributed by atoms with Crippen molar-refractivity contribution in [1.82, 2.24) is 0 Å². The highest BCUT2D eigenvalue weighted by Gasteiger charge is 2.18. The van der Waals surface area contributed by atoms with Crippen LogP contribution in [-0.2, 0) is 0 Å². The van der Waals surface area contributed by atoms with Gasteiger partial charge in [0.15, 0.2) is 5.78 Å². The minimum atomic E-state index is -1.17. The van der Waals surface area contributed by atoms with Gasteiger partial charge in [0.2, 0.25) is 0 Å². The number of carbonyl (C=O) groups excluding carboxylic acids is 1.